The Hall–Kier alpha value is -3.74. The molecule has 2 aromatic carbocycles. The van der Waals surface area contributed by atoms with E-state index in [-0.39, 0.29) is 11.3 Å². The van der Waals surface area contributed by atoms with Crippen LogP contribution in [0.25, 0.3) is 16.5 Å². The lowest BCUT2D eigenvalue weighted by Crippen LogP contribution is -2.20. The molecule has 0 radical (unpaired) electrons. The standard InChI is InChI=1S/C19H15N5O2/c1-12-6-2-5-9-15(12)24-16(10-11-20-24)21-19(26)17-13-7-3-4-8-14(13)18(25)23-22-17/h2-11H,1H3,(H,21,26)(H,23,25). The first-order chi connectivity index (χ1) is 12.6. The lowest BCUT2D eigenvalue weighted by atomic mass is 10.1. The first-order valence-electron chi connectivity index (χ1n) is 8.04. The van der Waals surface area contributed by atoms with Gasteiger partial charge in [0.15, 0.2) is 5.69 Å². The van der Waals surface area contributed by atoms with Gasteiger partial charge in [-0.3, -0.25) is 9.59 Å². The van der Waals surface area contributed by atoms with E-state index in [2.05, 4.69) is 20.6 Å². The number of aromatic nitrogens is 4. The second kappa shape index (κ2) is 6.29. The summed E-state index contributed by atoms with van der Waals surface area (Å²) in [6.07, 6.45) is 1.61. The summed E-state index contributed by atoms with van der Waals surface area (Å²) in [7, 11) is 0. The maximum absolute atomic E-state index is 12.8. The molecule has 2 aromatic heterocycles. The highest BCUT2D eigenvalue weighted by Crippen LogP contribution is 2.20. The molecule has 2 heterocycles. The molecule has 0 aliphatic carbocycles. The van der Waals surface area contributed by atoms with Crippen molar-refractivity contribution in [3.8, 4) is 5.69 Å². The van der Waals surface area contributed by atoms with E-state index in [1.54, 1.807) is 41.2 Å². The topological polar surface area (TPSA) is 92.7 Å². The number of carbonyl (C=O) groups excluding carboxylic acids is 1. The summed E-state index contributed by atoms with van der Waals surface area (Å²) in [4.78, 5) is 24.7. The van der Waals surface area contributed by atoms with E-state index in [0.717, 1.165) is 11.3 Å². The number of aryl methyl sites for hydroxylation is 1. The lowest BCUT2D eigenvalue weighted by molar-refractivity contribution is 0.102. The zero-order chi connectivity index (χ0) is 18.1. The molecule has 7 nitrogen and oxygen atoms in total. The highest BCUT2D eigenvalue weighted by atomic mass is 16.2. The van der Waals surface area contributed by atoms with Crippen molar-refractivity contribution in [1.82, 2.24) is 20.0 Å². The van der Waals surface area contributed by atoms with Crippen molar-refractivity contribution in [2.24, 2.45) is 0 Å². The Labute approximate surface area is 148 Å². The number of H-pyrrole nitrogens is 1. The third-order valence-electron chi connectivity index (χ3n) is 4.14. The summed E-state index contributed by atoms with van der Waals surface area (Å²) in [6.45, 7) is 1.97. The number of carbonyl (C=O) groups is 1. The summed E-state index contributed by atoms with van der Waals surface area (Å²) in [5.74, 6) is 0.0918. The van der Waals surface area contributed by atoms with Crippen LogP contribution in [-0.4, -0.2) is 25.9 Å². The Balaban J connectivity index is 1.74. The molecule has 0 aliphatic heterocycles. The van der Waals surface area contributed by atoms with Gasteiger partial charge in [0.05, 0.1) is 17.3 Å². The Morgan fingerprint density at radius 1 is 1.04 bits per heavy atom. The van der Waals surface area contributed by atoms with Crippen LogP contribution in [-0.2, 0) is 0 Å². The maximum atomic E-state index is 12.8. The molecule has 0 unspecified atom stereocenters. The van der Waals surface area contributed by atoms with E-state index >= 15 is 0 Å². The number of fused-ring (bicyclic) bond motifs is 1. The molecule has 0 saturated carbocycles. The first-order valence-corrected chi connectivity index (χ1v) is 8.04. The van der Waals surface area contributed by atoms with Crippen molar-refractivity contribution >= 4 is 22.5 Å². The molecule has 4 aromatic rings. The number of anilines is 1. The molecule has 128 valence electrons. The Morgan fingerprint density at radius 3 is 2.58 bits per heavy atom. The van der Waals surface area contributed by atoms with Crippen LogP contribution in [0.3, 0.4) is 0 Å². The monoisotopic (exact) mass is 345 g/mol. The van der Waals surface area contributed by atoms with Gasteiger partial charge >= 0.3 is 0 Å². The molecular weight excluding hydrogens is 330 g/mol. The van der Waals surface area contributed by atoms with Gasteiger partial charge in [-0.25, -0.2) is 9.78 Å². The second-order valence-corrected chi connectivity index (χ2v) is 5.82. The zero-order valence-electron chi connectivity index (χ0n) is 13.9. The quantitative estimate of drug-likeness (QED) is 0.597. The predicted octanol–water partition coefficient (Wildman–Crippen LogP) is 2.67. The van der Waals surface area contributed by atoms with Crippen molar-refractivity contribution in [3.05, 3.63) is 82.4 Å². The van der Waals surface area contributed by atoms with Crippen LogP contribution >= 0.6 is 0 Å². The first kappa shape index (κ1) is 15.8. The number of aromatic amines is 1. The SMILES string of the molecule is Cc1ccccc1-n1nccc1NC(=O)c1n[nH]c(=O)c2ccccc12. The van der Waals surface area contributed by atoms with Gasteiger partial charge in [-0.1, -0.05) is 36.4 Å². The van der Waals surface area contributed by atoms with Crippen LogP contribution in [0, 0.1) is 6.92 Å². The molecule has 2 N–H and O–H groups in total. The van der Waals surface area contributed by atoms with Crippen LogP contribution in [0.5, 0.6) is 0 Å². The van der Waals surface area contributed by atoms with Crippen LogP contribution < -0.4 is 10.9 Å². The van der Waals surface area contributed by atoms with Crippen molar-refractivity contribution in [1.29, 1.82) is 0 Å². The Bertz CT molecular complexity index is 1180. The Kier molecular flexibility index (Phi) is 3.81. The van der Waals surface area contributed by atoms with Crippen molar-refractivity contribution in [3.63, 3.8) is 0 Å². The molecule has 1 amide bonds. The smallest absolute Gasteiger partial charge is 0.277 e. The van der Waals surface area contributed by atoms with Gasteiger partial charge in [0.25, 0.3) is 11.5 Å². The van der Waals surface area contributed by atoms with Crippen LogP contribution in [0.15, 0.2) is 65.6 Å². The number of nitrogens with zero attached hydrogens (tertiary/aromatic N) is 3. The van der Waals surface area contributed by atoms with Gasteiger partial charge in [0.1, 0.15) is 5.82 Å². The Morgan fingerprint density at radius 2 is 1.77 bits per heavy atom. The number of amides is 1. The van der Waals surface area contributed by atoms with Gasteiger partial charge in [-0.2, -0.15) is 10.2 Å². The lowest BCUT2D eigenvalue weighted by Gasteiger charge is -2.11. The summed E-state index contributed by atoms with van der Waals surface area (Å²) in [6, 6.07) is 16.3. The van der Waals surface area contributed by atoms with Crippen molar-refractivity contribution in [2.75, 3.05) is 5.32 Å². The number of hydrogen-bond acceptors (Lipinski definition) is 4. The van der Waals surface area contributed by atoms with Crippen LogP contribution in [0.4, 0.5) is 5.82 Å². The summed E-state index contributed by atoms with van der Waals surface area (Å²) < 4.78 is 1.65. The van der Waals surface area contributed by atoms with E-state index < -0.39 is 5.91 Å². The van der Waals surface area contributed by atoms with E-state index in [0.29, 0.717) is 16.6 Å². The molecule has 0 bridgehead atoms. The number of para-hydroxylation sites is 1. The number of hydrogen-bond donors (Lipinski definition) is 2. The molecular formula is C19H15N5O2. The molecule has 7 heteroatoms. The van der Waals surface area contributed by atoms with Gasteiger partial charge < -0.3 is 5.32 Å². The van der Waals surface area contributed by atoms with Crippen LogP contribution in [0.1, 0.15) is 16.1 Å². The highest BCUT2D eigenvalue weighted by Gasteiger charge is 2.16. The van der Waals surface area contributed by atoms with E-state index in [9.17, 15) is 9.59 Å². The van der Waals surface area contributed by atoms with Crippen LogP contribution in [0.2, 0.25) is 0 Å². The fraction of sp³-hybridized carbons (Fsp3) is 0.0526. The number of benzene rings is 2. The molecule has 0 saturated heterocycles. The van der Waals surface area contributed by atoms with Gasteiger partial charge in [0.2, 0.25) is 0 Å². The molecule has 0 fully saturated rings. The summed E-state index contributed by atoms with van der Waals surface area (Å²) in [5.41, 5.74) is 1.71. The average Bonchev–Trinajstić information content (AvgIpc) is 3.10. The van der Waals surface area contributed by atoms with Crippen molar-refractivity contribution in [2.45, 2.75) is 6.92 Å². The second-order valence-electron chi connectivity index (χ2n) is 5.82. The third-order valence-corrected chi connectivity index (χ3v) is 4.14. The largest absolute Gasteiger partial charge is 0.305 e. The molecule has 0 atom stereocenters. The van der Waals surface area contributed by atoms with E-state index in [4.69, 9.17) is 0 Å². The van der Waals surface area contributed by atoms with E-state index in [1.165, 1.54) is 0 Å². The zero-order valence-corrected chi connectivity index (χ0v) is 13.9. The van der Waals surface area contributed by atoms with Crippen molar-refractivity contribution < 1.29 is 4.79 Å². The fourth-order valence-corrected chi connectivity index (χ4v) is 2.85. The average molecular weight is 345 g/mol. The highest BCUT2D eigenvalue weighted by molar-refractivity contribution is 6.10. The number of nitrogens with one attached hydrogen (secondary N) is 2. The molecule has 0 aliphatic rings. The normalized spacial score (nSPS) is 10.8. The summed E-state index contributed by atoms with van der Waals surface area (Å²) >= 11 is 0. The van der Waals surface area contributed by atoms with E-state index in [1.807, 2.05) is 31.2 Å². The molecule has 0 spiro atoms. The maximum Gasteiger partial charge on any atom is 0.277 e. The van der Waals surface area contributed by atoms with Gasteiger partial charge in [0, 0.05) is 11.5 Å². The molecule has 4 rings (SSSR count). The molecule has 26 heavy (non-hydrogen) atoms. The third kappa shape index (κ3) is 2.65. The fourth-order valence-electron chi connectivity index (χ4n) is 2.85. The predicted molar refractivity (Wildman–Crippen MR) is 98.6 cm³/mol. The minimum absolute atomic E-state index is 0.151. The van der Waals surface area contributed by atoms with Gasteiger partial charge in [-0.15, -0.1) is 0 Å². The summed E-state index contributed by atoms with van der Waals surface area (Å²) in [5, 5.41) is 14.3. The van der Waals surface area contributed by atoms with Gasteiger partial charge in [-0.05, 0) is 24.6 Å². The minimum atomic E-state index is -0.423. The minimum Gasteiger partial charge on any atom is -0.305 e. The number of rotatable bonds is 3.